The normalized spacial score (nSPS) is 10.6. The maximum absolute atomic E-state index is 6.05. The van der Waals surface area contributed by atoms with Gasteiger partial charge in [0.1, 0.15) is 5.02 Å². The van der Waals surface area contributed by atoms with Crippen LogP contribution in [0.2, 0.25) is 30.1 Å². The number of ether oxygens (including phenoxy) is 1. The quantitative estimate of drug-likeness (QED) is 0.392. The highest BCUT2D eigenvalue weighted by atomic mass is 35.5. The van der Waals surface area contributed by atoms with Crippen molar-refractivity contribution in [2.24, 2.45) is 0 Å². The number of rotatable bonds is 2. The van der Waals surface area contributed by atoms with E-state index >= 15 is 0 Å². The molecule has 2 rings (SSSR count). The van der Waals surface area contributed by atoms with Crippen molar-refractivity contribution < 1.29 is 4.74 Å². The van der Waals surface area contributed by atoms with Gasteiger partial charge in [-0.25, -0.2) is 0 Å². The maximum Gasteiger partial charge on any atom is 0.166 e. The Bertz CT molecular complexity index is 620. The molecule has 0 bridgehead atoms. The van der Waals surface area contributed by atoms with E-state index in [1.807, 2.05) is 0 Å². The zero-order chi connectivity index (χ0) is 14.2. The van der Waals surface area contributed by atoms with Crippen LogP contribution in [0.15, 0.2) is 24.3 Å². The number of halogens is 6. The van der Waals surface area contributed by atoms with Crippen LogP contribution in [0.5, 0.6) is 11.5 Å². The minimum absolute atomic E-state index is 0.0927. The summed E-state index contributed by atoms with van der Waals surface area (Å²) >= 11 is 35.9. The summed E-state index contributed by atoms with van der Waals surface area (Å²) in [5.41, 5.74) is 0. The minimum atomic E-state index is 0.0927. The number of hydrogen-bond donors (Lipinski definition) is 0. The van der Waals surface area contributed by atoms with Crippen LogP contribution in [0, 0.1) is 0 Å². The van der Waals surface area contributed by atoms with Gasteiger partial charge in [0.05, 0.1) is 25.1 Å². The molecule has 0 unspecified atom stereocenters. The van der Waals surface area contributed by atoms with Gasteiger partial charge in [0.25, 0.3) is 0 Å². The van der Waals surface area contributed by atoms with Crippen molar-refractivity contribution in [3.63, 3.8) is 0 Å². The summed E-state index contributed by atoms with van der Waals surface area (Å²) in [6.45, 7) is 0. The van der Waals surface area contributed by atoms with Crippen molar-refractivity contribution in [1.29, 1.82) is 0 Å². The number of benzene rings is 2. The molecular formula is C12H4Cl6O. The van der Waals surface area contributed by atoms with Crippen LogP contribution in [0.4, 0.5) is 0 Å². The second-order valence-corrected chi connectivity index (χ2v) is 5.83. The molecule has 0 heterocycles. The molecule has 7 heteroatoms. The van der Waals surface area contributed by atoms with Gasteiger partial charge in [-0.2, -0.15) is 0 Å². The third-order valence-corrected chi connectivity index (χ3v) is 4.32. The Balaban J connectivity index is 2.53. The van der Waals surface area contributed by atoms with Crippen molar-refractivity contribution >= 4 is 69.6 Å². The molecule has 0 aliphatic carbocycles. The van der Waals surface area contributed by atoms with Gasteiger partial charge in [-0.3, -0.25) is 0 Å². The molecule has 2 aromatic carbocycles. The first-order valence-electron chi connectivity index (χ1n) is 4.86. The fourth-order valence-electron chi connectivity index (χ4n) is 1.33. The molecule has 0 fully saturated rings. The number of hydrogen-bond acceptors (Lipinski definition) is 1. The standard InChI is InChI=1S/C12H4Cl6O/c13-5-2-1-3-6(14)11(5)19-12-8(16)4-7(15)9(17)10(12)18/h1-4H. The van der Waals surface area contributed by atoms with Crippen molar-refractivity contribution in [3.8, 4) is 11.5 Å². The lowest BCUT2D eigenvalue weighted by Crippen LogP contribution is -1.90. The zero-order valence-corrected chi connectivity index (χ0v) is 13.5. The summed E-state index contributed by atoms with van der Waals surface area (Å²) in [6.07, 6.45) is 0. The van der Waals surface area contributed by atoms with Gasteiger partial charge >= 0.3 is 0 Å². The molecule has 0 aromatic heterocycles. The highest BCUT2D eigenvalue weighted by Gasteiger charge is 2.18. The molecular weight excluding hydrogens is 373 g/mol. The van der Waals surface area contributed by atoms with E-state index in [9.17, 15) is 0 Å². The fourth-order valence-corrected chi connectivity index (χ4v) is 2.78. The lowest BCUT2D eigenvalue weighted by Gasteiger charge is -2.13. The molecule has 19 heavy (non-hydrogen) atoms. The van der Waals surface area contributed by atoms with Gasteiger partial charge in [0.2, 0.25) is 0 Å². The van der Waals surface area contributed by atoms with E-state index in [1.54, 1.807) is 18.2 Å². The highest BCUT2D eigenvalue weighted by Crippen LogP contribution is 2.46. The third-order valence-electron chi connectivity index (χ3n) is 2.20. The Morgan fingerprint density at radius 1 is 0.632 bits per heavy atom. The zero-order valence-electron chi connectivity index (χ0n) is 8.99. The number of para-hydroxylation sites is 1. The predicted molar refractivity (Wildman–Crippen MR) is 83.0 cm³/mol. The van der Waals surface area contributed by atoms with Crippen LogP contribution < -0.4 is 4.74 Å². The molecule has 0 aliphatic rings. The summed E-state index contributed by atoms with van der Waals surface area (Å²) in [6, 6.07) is 6.37. The predicted octanol–water partition coefficient (Wildman–Crippen LogP) is 7.40. The minimum Gasteiger partial charge on any atom is -0.451 e. The first-order valence-corrected chi connectivity index (χ1v) is 7.13. The van der Waals surface area contributed by atoms with E-state index in [1.165, 1.54) is 6.07 Å². The first-order chi connectivity index (χ1) is 8.91. The fraction of sp³-hybridized carbons (Fsp3) is 0. The van der Waals surface area contributed by atoms with Crippen LogP contribution in [-0.2, 0) is 0 Å². The Morgan fingerprint density at radius 3 is 1.79 bits per heavy atom. The maximum atomic E-state index is 6.05. The summed E-state index contributed by atoms with van der Waals surface area (Å²) < 4.78 is 5.57. The molecule has 0 N–H and O–H groups in total. The van der Waals surface area contributed by atoms with Gasteiger partial charge in [-0.05, 0) is 18.2 Å². The molecule has 100 valence electrons. The van der Waals surface area contributed by atoms with Crippen LogP contribution in [0.25, 0.3) is 0 Å². The van der Waals surface area contributed by atoms with Gasteiger partial charge in [0.15, 0.2) is 11.5 Å². The first kappa shape index (κ1) is 15.4. The molecule has 0 amide bonds. The molecule has 0 spiro atoms. The lowest BCUT2D eigenvalue weighted by atomic mass is 10.3. The second kappa shape index (κ2) is 6.17. The Labute approximate surface area is 139 Å². The van der Waals surface area contributed by atoms with Crippen molar-refractivity contribution in [2.45, 2.75) is 0 Å². The van der Waals surface area contributed by atoms with E-state index in [0.29, 0.717) is 10.0 Å². The Kier molecular flexibility index (Phi) is 4.99. The SMILES string of the molecule is Clc1cc(Cl)c(Oc2c(Cl)cccc2Cl)c(Cl)c1Cl. The Hall–Kier alpha value is -0.0200. The van der Waals surface area contributed by atoms with Crippen molar-refractivity contribution in [1.82, 2.24) is 0 Å². The summed E-state index contributed by atoms with van der Waals surface area (Å²) in [5.74, 6) is 0.390. The molecule has 0 radical (unpaired) electrons. The van der Waals surface area contributed by atoms with E-state index < -0.39 is 0 Å². The molecule has 0 aliphatic heterocycles. The van der Waals surface area contributed by atoms with Gasteiger partial charge in [-0.15, -0.1) is 0 Å². The average Bonchev–Trinajstić information content (AvgIpc) is 2.35. The largest absolute Gasteiger partial charge is 0.451 e. The van der Waals surface area contributed by atoms with Crippen molar-refractivity contribution in [2.75, 3.05) is 0 Å². The van der Waals surface area contributed by atoms with Gasteiger partial charge in [-0.1, -0.05) is 75.7 Å². The van der Waals surface area contributed by atoms with Crippen LogP contribution in [-0.4, -0.2) is 0 Å². The molecule has 2 aromatic rings. The smallest absolute Gasteiger partial charge is 0.166 e. The van der Waals surface area contributed by atoms with Crippen LogP contribution in [0.1, 0.15) is 0 Å². The highest BCUT2D eigenvalue weighted by molar-refractivity contribution is 6.50. The molecule has 0 atom stereocenters. The molecule has 1 nitrogen and oxygen atoms in total. The summed E-state index contributed by atoms with van der Waals surface area (Å²) in [7, 11) is 0. The second-order valence-electron chi connectivity index (χ2n) is 3.45. The van der Waals surface area contributed by atoms with Gasteiger partial charge < -0.3 is 4.74 Å². The molecule has 0 saturated carbocycles. The third kappa shape index (κ3) is 3.18. The summed E-state index contributed by atoms with van der Waals surface area (Å²) in [4.78, 5) is 0. The Morgan fingerprint density at radius 2 is 1.21 bits per heavy atom. The van der Waals surface area contributed by atoms with E-state index in [-0.39, 0.29) is 31.6 Å². The van der Waals surface area contributed by atoms with Crippen molar-refractivity contribution in [3.05, 3.63) is 54.4 Å². The van der Waals surface area contributed by atoms with E-state index in [4.69, 9.17) is 74.3 Å². The van der Waals surface area contributed by atoms with E-state index in [0.717, 1.165) is 0 Å². The summed E-state index contributed by atoms with van der Waals surface area (Å²) in [5, 5.41) is 1.32. The monoisotopic (exact) mass is 374 g/mol. The molecule has 0 saturated heterocycles. The van der Waals surface area contributed by atoms with Crippen LogP contribution >= 0.6 is 69.6 Å². The average molecular weight is 377 g/mol. The lowest BCUT2D eigenvalue weighted by molar-refractivity contribution is 0.483. The van der Waals surface area contributed by atoms with Crippen LogP contribution in [0.3, 0.4) is 0 Å². The van der Waals surface area contributed by atoms with Gasteiger partial charge in [0, 0.05) is 0 Å². The van der Waals surface area contributed by atoms with E-state index in [2.05, 4.69) is 0 Å². The topological polar surface area (TPSA) is 9.23 Å².